The lowest BCUT2D eigenvalue weighted by atomic mass is 10.1. The maximum atomic E-state index is 9.50. The molecule has 0 fully saturated rings. The first kappa shape index (κ1) is 11.9. The smallest absolute Gasteiger partial charge is 0.146 e. The highest BCUT2D eigenvalue weighted by molar-refractivity contribution is 6.30. The van der Waals surface area contributed by atoms with Gasteiger partial charge < -0.3 is 15.3 Å². The lowest BCUT2D eigenvalue weighted by Gasteiger charge is -2.15. The van der Waals surface area contributed by atoms with Gasteiger partial charge in [0, 0.05) is 11.8 Å². The quantitative estimate of drug-likeness (QED) is 0.633. The Morgan fingerprint density at radius 1 is 1.53 bits per heavy atom. The lowest BCUT2D eigenvalue weighted by molar-refractivity contribution is -0.0154. The first-order chi connectivity index (χ1) is 7.10. The number of rotatable bonds is 3. The molecule has 80 valence electrons. The van der Waals surface area contributed by atoms with Gasteiger partial charge in [-0.25, -0.2) is 4.98 Å². The van der Waals surface area contributed by atoms with E-state index in [0.29, 0.717) is 0 Å². The number of aliphatic hydroxyl groups is 3. The van der Waals surface area contributed by atoms with Crippen LogP contribution in [0, 0.1) is 11.3 Å². The molecule has 1 aromatic heterocycles. The Hall–Kier alpha value is -1.19. The molecule has 0 radical (unpaired) electrons. The van der Waals surface area contributed by atoms with Crippen molar-refractivity contribution < 1.29 is 15.3 Å². The standard InChI is InChI=1S/C9H9ClN2O3/c10-9-5(2-11)1-6(3-12-9)8(15)7(14)4-13/h1,3,7-8,13-15H,4H2. The van der Waals surface area contributed by atoms with E-state index in [2.05, 4.69) is 4.98 Å². The van der Waals surface area contributed by atoms with E-state index >= 15 is 0 Å². The molecule has 0 saturated carbocycles. The fourth-order valence-electron chi connectivity index (χ4n) is 1.03. The van der Waals surface area contributed by atoms with E-state index in [1.54, 1.807) is 6.07 Å². The van der Waals surface area contributed by atoms with Gasteiger partial charge >= 0.3 is 0 Å². The molecule has 0 aliphatic rings. The normalized spacial score (nSPS) is 14.3. The van der Waals surface area contributed by atoms with Crippen LogP contribution in [0.3, 0.4) is 0 Å². The van der Waals surface area contributed by atoms with E-state index in [-0.39, 0.29) is 16.3 Å². The summed E-state index contributed by atoms with van der Waals surface area (Å²) in [6, 6.07) is 3.12. The fraction of sp³-hybridized carbons (Fsp3) is 0.333. The summed E-state index contributed by atoms with van der Waals surface area (Å²) in [4.78, 5) is 3.68. The molecule has 1 rings (SSSR count). The molecular formula is C9H9ClN2O3. The molecule has 0 saturated heterocycles. The minimum atomic E-state index is -1.31. The van der Waals surface area contributed by atoms with Crippen LogP contribution in [0.1, 0.15) is 17.2 Å². The van der Waals surface area contributed by atoms with Gasteiger partial charge in [-0.3, -0.25) is 0 Å². The summed E-state index contributed by atoms with van der Waals surface area (Å²) in [6.45, 7) is -0.578. The summed E-state index contributed by atoms with van der Waals surface area (Å²) < 4.78 is 0. The van der Waals surface area contributed by atoms with Gasteiger partial charge in [0.2, 0.25) is 0 Å². The molecule has 15 heavy (non-hydrogen) atoms. The van der Waals surface area contributed by atoms with Crippen molar-refractivity contribution in [2.24, 2.45) is 0 Å². The van der Waals surface area contributed by atoms with Gasteiger partial charge in [-0.1, -0.05) is 11.6 Å². The summed E-state index contributed by atoms with van der Waals surface area (Å²) in [5.74, 6) is 0. The lowest BCUT2D eigenvalue weighted by Crippen LogP contribution is -2.22. The summed E-state index contributed by atoms with van der Waals surface area (Å²) in [5.41, 5.74) is 0.343. The zero-order valence-electron chi connectivity index (χ0n) is 7.63. The van der Waals surface area contributed by atoms with Crippen LogP contribution in [-0.4, -0.2) is 33.0 Å². The van der Waals surface area contributed by atoms with Gasteiger partial charge in [0.15, 0.2) is 0 Å². The molecule has 3 N–H and O–H groups in total. The van der Waals surface area contributed by atoms with Crippen LogP contribution in [0.5, 0.6) is 0 Å². The number of aromatic nitrogens is 1. The third-order valence-corrected chi connectivity index (χ3v) is 2.17. The summed E-state index contributed by atoms with van der Waals surface area (Å²) in [5, 5.41) is 36.0. The highest BCUT2D eigenvalue weighted by Gasteiger charge is 2.18. The number of hydrogen-bond donors (Lipinski definition) is 3. The van der Waals surface area contributed by atoms with E-state index < -0.39 is 18.8 Å². The molecule has 0 aliphatic heterocycles. The van der Waals surface area contributed by atoms with E-state index in [0.717, 1.165) is 0 Å². The minimum absolute atomic E-state index is 0.0342. The molecule has 2 unspecified atom stereocenters. The van der Waals surface area contributed by atoms with E-state index in [1.807, 2.05) is 0 Å². The maximum Gasteiger partial charge on any atom is 0.146 e. The Labute approximate surface area is 91.2 Å². The Kier molecular flexibility index (Phi) is 4.00. The van der Waals surface area contributed by atoms with Crippen LogP contribution in [0.4, 0.5) is 0 Å². The number of nitriles is 1. The zero-order chi connectivity index (χ0) is 11.4. The van der Waals surface area contributed by atoms with Crippen LogP contribution in [0.25, 0.3) is 0 Å². The van der Waals surface area contributed by atoms with Crippen molar-refractivity contribution in [2.75, 3.05) is 6.61 Å². The molecule has 2 atom stereocenters. The molecule has 0 amide bonds. The van der Waals surface area contributed by atoms with Gasteiger partial charge in [0.25, 0.3) is 0 Å². The van der Waals surface area contributed by atoms with E-state index in [1.165, 1.54) is 12.3 Å². The van der Waals surface area contributed by atoms with Gasteiger partial charge in [0.05, 0.1) is 12.2 Å². The van der Waals surface area contributed by atoms with Crippen LogP contribution in [0.15, 0.2) is 12.3 Å². The molecule has 1 heterocycles. The Bertz CT molecular complexity index is 391. The molecule has 5 nitrogen and oxygen atoms in total. The number of pyridine rings is 1. The van der Waals surface area contributed by atoms with Crippen molar-refractivity contribution in [3.8, 4) is 6.07 Å². The second-order valence-electron chi connectivity index (χ2n) is 2.91. The summed E-state index contributed by atoms with van der Waals surface area (Å²) >= 11 is 5.59. The van der Waals surface area contributed by atoms with Gasteiger partial charge in [-0.2, -0.15) is 5.26 Å². The Balaban J connectivity index is 3.02. The highest BCUT2D eigenvalue weighted by atomic mass is 35.5. The molecular weight excluding hydrogens is 220 g/mol. The van der Waals surface area contributed by atoms with Crippen molar-refractivity contribution >= 4 is 11.6 Å². The van der Waals surface area contributed by atoms with E-state index in [9.17, 15) is 5.11 Å². The monoisotopic (exact) mass is 228 g/mol. The van der Waals surface area contributed by atoms with Crippen molar-refractivity contribution in [3.63, 3.8) is 0 Å². The summed E-state index contributed by atoms with van der Waals surface area (Å²) in [7, 11) is 0. The molecule has 6 heteroatoms. The number of hydrogen-bond acceptors (Lipinski definition) is 5. The third kappa shape index (κ3) is 2.64. The van der Waals surface area contributed by atoms with E-state index in [4.69, 9.17) is 27.1 Å². The van der Waals surface area contributed by atoms with Crippen molar-refractivity contribution in [2.45, 2.75) is 12.2 Å². The van der Waals surface area contributed by atoms with Gasteiger partial charge in [-0.05, 0) is 6.07 Å². The predicted octanol–water partition coefficient (Wildman–Crippen LogP) is -0.00672. The van der Waals surface area contributed by atoms with Crippen molar-refractivity contribution in [3.05, 3.63) is 28.5 Å². The SMILES string of the molecule is N#Cc1cc(C(O)C(O)CO)cnc1Cl. The molecule has 0 aromatic carbocycles. The highest BCUT2D eigenvalue weighted by Crippen LogP contribution is 2.20. The third-order valence-electron chi connectivity index (χ3n) is 1.87. The number of aliphatic hydroxyl groups excluding tert-OH is 3. The molecule has 1 aromatic rings. The average Bonchev–Trinajstić information content (AvgIpc) is 2.27. The van der Waals surface area contributed by atoms with Crippen molar-refractivity contribution in [1.29, 1.82) is 5.26 Å². The molecule has 0 spiro atoms. The van der Waals surface area contributed by atoms with Crippen LogP contribution < -0.4 is 0 Å². The first-order valence-corrected chi connectivity index (χ1v) is 4.50. The maximum absolute atomic E-state index is 9.50. The van der Waals surface area contributed by atoms with Gasteiger partial charge in [-0.15, -0.1) is 0 Å². The topological polar surface area (TPSA) is 97.4 Å². The molecule has 0 bridgehead atoms. The van der Waals surface area contributed by atoms with Crippen molar-refractivity contribution in [1.82, 2.24) is 4.98 Å². The van der Waals surface area contributed by atoms with Crippen LogP contribution >= 0.6 is 11.6 Å². The fourth-order valence-corrected chi connectivity index (χ4v) is 1.17. The average molecular weight is 229 g/mol. The zero-order valence-corrected chi connectivity index (χ0v) is 8.39. The number of halogens is 1. The predicted molar refractivity (Wildman–Crippen MR) is 52.0 cm³/mol. The minimum Gasteiger partial charge on any atom is -0.394 e. The van der Waals surface area contributed by atoms with Gasteiger partial charge in [0.1, 0.15) is 23.4 Å². The summed E-state index contributed by atoms with van der Waals surface area (Å²) in [6.07, 6.45) is -1.35. The largest absolute Gasteiger partial charge is 0.394 e. The Morgan fingerprint density at radius 2 is 2.20 bits per heavy atom. The Morgan fingerprint density at radius 3 is 2.73 bits per heavy atom. The number of nitrogens with zero attached hydrogens (tertiary/aromatic N) is 2. The second-order valence-corrected chi connectivity index (χ2v) is 3.27. The van der Waals surface area contributed by atoms with Crippen LogP contribution in [-0.2, 0) is 0 Å². The van der Waals surface area contributed by atoms with Crippen LogP contribution in [0.2, 0.25) is 5.15 Å². The first-order valence-electron chi connectivity index (χ1n) is 4.12. The molecule has 0 aliphatic carbocycles. The second kappa shape index (κ2) is 5.05.